The number of benzene rings is 2. The molecule has 0 bridgehead atoms. The van der Waals surface area contributed by atoms with Crippen molar-refractivity contribution in [3.05, 3.63) is 66.1 Å². The Kier molecular flexibility index (Phi) is 3.55. The maximum atomic E-state index is 13.2. The average Bonchev–Trinajstić information content (AvgIpc) is 3.22. The second-order valence-corrected chi connectivity index (χ2v) is 6.12. The maximum Gasteiger partial charge on any atom is 0.273 e. The highest BCUT2D eigenvalue weighted by Crippen LogP contribution is 2.26. The molecule has 5 nitrogen and oxygen atoms in total. The number of halogens is 1. The number of carbonyl (C=O) groups is 1. The molecule has 0 aliphatic heterocycles. The van der Waals surface area contributed by atoms with Crippen LogP contribution in [-0.2, 0) is 0 Å². The second kappa shape index (κ2) is 5.86. The van der Waals surface area contributed by atoms with Crippen LogP contribution in [0, 0.1) is 5.82 Å². The minimum Gasteiger partial charge on any atom is -0.351 e. The normalized spacial score (nSPS) is 10.9. The van der Waals surface area contributed by atoms with Crippen molar-refractivity contribution in [2.45, 2.75) is 0 Å². The van der Waals surface area contributed by atoms with Gasteiger partial charge in [0.1, 0.15) is 16.5 Å². The number of nitrogens with one attached hydrogen (secondary N) is 2. The van der Waals surface area contributed by atoms with Gasteiger partial charge in [0.05, 0.1) is 0 Å². The second-order valence-electron chi connectivity index (χ2n) is 5.15. The van der Waals surface area contributed by atoms with E-state index in [2.05, 4.69) is 20.5 Å². The molecule has 118 valence electrons. The number of hydrogen-bond donors (Lipinski definition) is 2. The summed E-state index contributed by atoms with van der Waals surface area (Å²) in [6.07, 6.45) is 0. The Morgan fingerprint density at radius 2 is 1.92 bits per heavy atom. The molecule has 2 heterocycles. The Labute approximate surface area is 140 Å². The molecule has 0 radical (unpaired) electrons. The first-order valence-corrected chi connectivity index (χ1v) is 7.99. The zero-order valence-electron chi connectivity index (χ0n) is 12.3. The molecule has 4 aromatic rings. The van der Waals surface area contributed by atoms with E-state index in [0.29, 0.717) is 21.7 Å². The van der Waals surface area contributed by atoms with E-state index in [1.54, 1.807) is 12.1 Å². The fourth-order valence-electron chi connectivity index (χ4n) is 2.36. The first-order chi connectivity index (χ1) is 11.7. The van der Waals surface area contributed by atoms with Gasteiger partial charge in [-0.05, 0) is 24.3 Å². The zero-order chi connectivity index (χ0) is 16.5. The van der Waals surface area contributed by atoms with E-state index < -0.39 is 0 Å². The predicted molar refractivity (Wildman–Crippen MR) is 91.6 cm³/mol. The first kappa shape index (κ1) is 14.5. The molecule has 1 amide bonds. The summed E-state index contributed by atoms with van der Waals surface area (Å²) in [5, 5.41) is 12.5. The number of amides is 1. The van der Waals surface area contributed by atoms with Gasteiger partial charge >= 0.3 is 0 Å². The molecule has 2 N–H and O–H groups in total. The number of H-pyrrole nitrogens is 1. The zero-order valence-corrected chi connectivity index (χ0v) is 13.1. The van der Waals surface area contributed by atoms with Gasteiger partial charge in [-0.15, -0.1) is 10.2 Å². The number of aromatic amines is 1. The van der Waals surface area contributed by atoms with E-state index in [1.165, 1.54) is 23.5 Å². The fourth-order valence-corrected chi connectivity index (χ4v) is 3.11. The molecule has 0 fully saturated rings. The van der Waals surface area contributed by atoms with Crippen LogP contribution >= 0.6 is 11.3 Å². The quantitative estimate of drug-likeness (QED) is 0.591. The van der Waals surface area contributed by atoms with Crippen molar-refractivity contribution in [1.82, 2.24) is 15.2 Å². The van der Waals surface area contributed by atoms with Crippen LogP contribution in [0.2, 0.25) is 0 Å². The third kappa shape index (κ3) is 2.77. The lowest BCUT2D eigenvalue weighted by molar-refractivity contribution is 0.102. The maximum absolute atomic E-state index is 13.2. The topological polar surface area (TPSA) is 70.7 Å². The van der Waals surface area contributed by atoms with Gasteiger partial charge in [-0.1, -0.05) is 41.7 Å². The number of anilines is 1. The first-order valence-electron chi connectivity index (χ1n) is 7.17. The molecule has 4 rings (SSSR count). The minimum atomic E-state index is -0.345. The molecule has 24 heavy (non-hydrogen) atoms. The van der Waals surface area contributed by atoms with E-state index in [4.69, 9.17) is 0 Å². The molecular formula is C17H11FN4OS. The van der Waals surface area contributed by atoms with Crippen LogP contribution < -0.4 is 5.32 Å². The predicted octanol–water partition coefficient (Wildman–Crippen LogP) is 4.08. The molecule has 7 heteroatoms. The number of fused-ring (bicyclic) bond motifs is 1. The summed E-state index contributed by atoms with van der Waals surface area (Å²) in [6.45, 7) is 0. The summed E-state index contributed by atoms with van der Waals surface area (Å²) >= 11 is 1.29. The van der Waals surface area contributed by atoms with Crippen LogP contribution in [-0.4, -0.2) is 21.1 Å². The lowest BCUT2D eigenvalue weighted by Crippen LogP contribution is -2.11. The van der Waals surface area contributed by atoms with Gasteiger partial charge in [-0.25, -0.2) is 4.39 Å². The van der Waals surface area contributed by atoms with E-state index in [-0.39, 0.29) is 11.7 Å². The summed E-state index contributed by atoms with van der Waals surface area (Å²) in [7, 11) is 0. The van der Waals surface area contributed by atoms with Crippen LogP contribution in [0.4, 0.5) is 9.52 Å². The average molecular weight is 338 g/mol. The summed E-state index contributed by atoms with van der Waals surface area (Å²) in [5.41, 5.74) is 1.98. The van der Waals surface area contributed by atoms with Crippen LogP contribution in [0.15, 0.2) is 54.6 Å². The van der Waals surface area contributed by atoms with Crippen molar-refractivity contribution >= 4 is 33.3 Å². The third-order valence-corrected chi connectivity index (χ3v) is 4.38. The highest BCUT2D eigenvalue weighted by atomic mass is 32.1. The number of carbonyl (C=O) groups excluding carboxylic acids is 1. The van der Waals surface area contributed by atoms with Crippen molar-refractivity contribution < 1.29 is 9.18 Å². The minimum absolute atomic E-state index is 0.340. The van der Waals surface area contributed by atoms with Crippen LogP contribution in [0.3, 0.4) is 0 Å². The highest BCUT2D eigenvalue weighted by Gasteiger charge is 2.13. The number of rotatable bonds is 3. The molecule has 2 aromatic heterocycles. The monoisotopic (exact) mass is 338 g/mol. The molecule has 2 aromatic carbocycles. The Morgan fingerprint density at radius 1 is 1.08 bits per heavy atom. The van der Waals surface area contributed by atoms with Gasteiger partial charge in [-0.2, -0.15) is 0 Å². The van der Waals surface area contributed by atoms with Crippen LogP contribution in [0.5, 0.6) is 0 Å². The van der Waals surface area contributed by atoms with Crippen LogP contribution in [0.25, 0.3) is 21.5 Å². The van der Waals surface area contributed by atoms with Crippen molar-refractivity contribution in [3.63, 3.8) is 0 Å². The van der Waals surface area contributed by atoms with Gasteiger partial charge in [-0.3, -0.25) is 10.1 Å². The molecule has 0 aliphatic carbocycles. The molecule has 0 atom stereocenters. The smallest absolute Gasteiger partial charge is 0.273 e. The Bertz CT molecular complexity index is 1030. The summed E-state index contributed by atoms with van der Waals surface area (Å²) < 4.78 is 13.2. The van der Waals surface area contributed by atoms with Crippen molar-refractivity contribution in [2.24, 2.45) is 0 Å². The van der Waals surface area contributed by atoms with Gasteiger partial charge in [0, 0.05) is 16.5 Å². The van der Waals surface area contributed by atoms with Crippen molar-refractivity contribution in [3.8, 4) is 10.6 Å². The molecule has 0 saturated carbocycles. The van der Waals surface area contributed by atoms with E-state index >= 15 is 0 Å². The van der Waals surface area contributed by atoms with E-state index in [9.17, 15) is 9.18 Å². The number of nitrogens with zero attached hydrogens (tertiary/aromatic N) is 2. The molecule has 0 saturated heterocycles. The standard InChI is InChI=1S/C17H11FN4OS/c18-12-6-7-13-11(8-12)9-14(19-13)15(23)20-17-22-21-16(24-17)10-4-2-1-3-5-10/h1-9,19H,(H,20,22,23). The summed E-state index contributed by atoms with van der Waals surface area (Å²) in [4.78, 5) is 15.3. The lowest BCUT2D eigenvalue weighted by Gasteiger charge is -1.97. The molecule has 0 spiro atoms. The van der Waals surface area contributed by atoms with Gasteiger partial charge in [0.25, 0.3) is 5.91 Å². The fraction of sp³-hybridized carbons (Fsp3) is 0. The van der Waals surface area contributed by atoms with Gasteiger partial charge < -0.3 is 4.98 Å². The lowest BCUT2D eigenvalue weighted by atomic mass is 10.2. The number of aromatic nitrogens is 3. The Morgan fingerprint density at radius 3 is 2.75 bits per heavy atom. The summed E-state index contributed by atoms with van der Waals surface area (Å²) in [6, 6.07) is 15.5. The molecule has 0 aliphatic rings. The summed E-state index contributed by atoms with van der Waals surface area (Å²) in [5.74, 6) is -0.688. The SMILES string of the molecule is O=C(Nc1nnc(-c2ccccc2)s1)c1cc2cc(F)ccc2[nH]1. The highest BCUT2D eigenvalue weighted by molar-refractivity contribution is 7.18. The molecular weight excluding hydrogens is 327 g/mol. The Balaban J connectivity index is 1.56. The molecule has 0 unspecified atom stereocenters. The Hall–Kier alpha value is -3.06. The van der Waals surface area contributed by atoms with Gasteiger partial charge in [0.2, 0.25) is 5.13 Å². The van der Waals surface area contributed by atoms with Crippen molar-refractivity contribution in [1.29, 1.82) is 0 Å². The number of hydrogen-bond acceptors (Lipinski definition) is 4. The third-order valence-electron chi connectivity index (χ3n) is 3.49. The van der Waals surface area contributed by atoms with Crippen molar-refractivity contribution in [2.75, 3.05) is 5.32 Å². The van der Waals surface area contributed by atoms with Gasteiger partial charge in [0.15, 0.2) is 0 Å². The largest absolute Gasteiger partial charge is 0.351 e. The van der Waals surface area contributed by atoms with E-state index in [1.807, 2.05) is 30.3 Å². The van der Waals surface area contributed by atoms with E-state index in [0.717, 1.165) is 10.6 Å². The van der Waals surface area contributed by atoms with Crippen LogP contribution in [0.1, 0.15) is 10.5 Å².